The molecule has 1 N–H and O–H groups in total. The summed E-state index contributed by atoms with van der Waals surface area (Å²) in [4.78, 5) is 31.1. The summed E-state index contributed by atoms with van der Waals surface area (Å²) in [5, 5.41) is 2.76. The van der Waals surface area contributed by atoms with E-state index in [0.29, 0.717) is 6.54 Å². The molecule has 2 amide bonds. The second-order valence-corrected chi connectivity index (χ2v) is 6.47. The maximum atomic E-state index is 12.4. The third kappa shape index (κ3) is 2.01. The summed E-state index contributed by atoms with van der Waals surface area (Å²) in [5.41, 5.74) is 0.0376. The van der Waals surface area contributed by atoms with Crippen LogP contribution in [0.15, 0.2) is 11.7 Å². The number of nitrogens with zero attached hydrogens (tertiary/aromatic N) is 2. The highest BCUT2D eigenvalue weighted by atomic mass is 32.1. The third-order valence-electron chi connectivity index (χ3n) is 3.23. The number of carbonyl (C=O) groups excluding carboxylic acids is 2. The maximum Gasteiger partial charge on any atom is 0.248 e. The van der Waals surface area contributed by atoms with E-state index >= 15 is 0 Å². The Labute approximate surface area is 110 Å². The van der Waals surface area contributed by atoms with Crippen molar-refractivity contribution in [1.82, 2.24) is 15.2 Å². The van der Waals surface area contributed by atoms with Crippen LogP contribution in [0.4, 0.5) is 0 Å². The van der Waals surface area contributed by atoms with Gasteiger partial charge in [-0.3, -0.25) is 14.6 Å². The monoisotopic (exact) mass is 267 g/mol. The molecule has 0 radical (unpaired) electrons. The molecule has 2 rings (SSSR count). The van der Waals surface area contributed by atoms with Gasteiger partial charge in [-0.25, -0.2) is 0 Å². The van der Waals surface area contributed by atoms with E-state index in [0.717, 1.165) is 4.88 Å². The Morgan fingerprint density at radius 1 is 1.33 bits per heavy atom. The summed E-state index contributed by atoms with van der Waals surface area (Å²) >= 11 is 1.48. The molecule has 5 nitrogen and oxygen atoms in total. The van der Waals surface area contributed by atoms with Crippen molar-refractivity contribution in [3.05, 3.63) is 16.6 Å². The lowest BCUT2D eigenvalue weighted by Gasteiger charge is -2.47. The standard InChI is InChI=1S/C12H17N3O2S/c1-11(2)10(17)15(6-8-5-13-7-18-8)12(3,4)9(16)14-11/h5,7H,6H2,1-4H3,(H,14,16). The molecule has 0 saturated carbocycles. The fraction of sp³-hybridized carbons (Fsp3) is 0.583. The van der Waals surface area contributed by atoms with Crippen molar-refractivity contribution in [3.8, 4) is 0 Å². The first-order valence-corrected chi connectivity index (χ1v) is 6.65. The van der Waals surface area contributed by atoms with Gasteiger partial charge < -0.3 is 10.2 Å². The Kier molecular flexibility index (Phi) is 2.93. The van der Waals surface area contributed by atoms with E-state index in [2.05, 4.69) is 10.3 Å². The quantitative estimate of drug-likeness (QED) is 0.874. The zero-order valence-electron chi connectivity index (χ0n) is 11.0. The van der Waals surface area contributed by atoms with Crippen LogP contribution in [-0.4, -0.2) is 32.8 Å². The molecule has 0 spiro atoms. The van der Waals surface area contributed by atoms with Crippen LogP contribution in [-0.2, 0) is 16.1 Å². The first-order valence-electron chi connectivity index (χ1n) is 5.77. The number of carbonyl (C=O) groups is 2. The van der Waals surface area contributed by atoms with Gasteiger partial charge in [0.1, 0.15) is 11.1 Å². The Bertz CT molecular complexity index is 480. The van der Waals surface area contributed by atoms with Gasteiger partial charge in [0.2, 0.25) is 11.8 Å². The number of thiazole rings is 1. The summed E-state index contributed by atoms with van der Waals surface area (Å²) in [6.45, 7) is 7.39. The largest absolute Gasteiger partial charge is 0.340 e. The zero-order chi connectivity index (χ0) is 13.6. The van der Waals surface area contributed by atoms with Crippen LogP contribution in [0, 0.1) is 0 Å². The van der Waals surface area contributed by atoms with E-state index in [1.54, 1.807) is 44.3 Å². The van der Waals surface area contributed by atoms with Gasteiger partial charge in [0, 0.05) is 11.1 Å². The molecule has 1 aromatic rings. The molecule has 2 heterocycles. The highest BCUT2D eigenvalue weighted by molar-refractivity contribution is 7.09. The lowest BCUT2D eigenvalue weighted by molar-refractivity contribution is -0.160. The van der Waals surface area contributed by atoms with Gasteiger partial charge in [-0.2, -0.15) is 0 Å². The van der Waals surface area contributed by atoms with Gasteiger partial charge in [0.05, 0.1) is 12.1 Å². The topological polar surface area (TPSA) is 62.3 Å². The van der Waals surface area contributed by atoms with E-state index in [1.165, 1.54) is 11.3 Å². The summed E-state index contributed by atoms with van der Waals surface area (Å²) in [5.74, 6) is -0.197. The third-order valence-corrected chi connectivity index (χ3v) is 4.00. The summed E-state index contributed by atoms with van der Waals surface area (Å²) in [7, 11) is 0. The van der Waals surface area contributed by atoms with Gasteiger partial charge in [-0.15, -0.1) is 11.3 Å². The predicted molar refractivity (Wildman–Crippen MR) is 69.0 cm³/mol. The predicted octanol–water partition coefficient (Wildman–Crippen LogP) is 1.16. The second-order valence-electron chi connectivity index (χ2n) is 5.50. The van der Waals surface area contributed by atoms with Crippen LogP contribution >= 0.6 is 11.3 Å². The normalized spacial score (nSPS) is 21.9. The van der Waals surface area contributed by atoms with E-state index in [-0.39, 0.29) is 11.8 Å². The number of hydrogen-bond donors (Lipinski definition) is 1. The van der Waals surface area contributed by atoms with Gasteiger partial charge in [0.25, 0.3) is 0 Å². The van der Waals surface area contributed by atoms with Gasteiger partial charge in [-0.1, -0.05) is 0 Å². The van der Waals surface area contributed by atoms with E-state index in [4.69, 9.17) is 0 Å². The molecule has 0 aromatic carbocycles. The van der Waals surface area contributed by atoms with Crippen LogP contribution in [0.3, 0.4) is 0 Å². The summed E-state index contributed by atoms with van der Waals surface area (Å²) < 4.78 is 0. The average Bonchev–Trinajstić information content (AvgIpc) is 2.75. The van der Waals surface area contributed by atoms with Crippen molar-refractivity contribution >= 4 is 23.2 Å². The number of aromatic nitrogens is 1. The Morgan fingerprint density at radius 3 is 2.56 bits per heavy atom. The fourth-order valence-corrected chi connectivity index (χ4v) is 2.53. The number of hydrogen-bond acceptors (Lipinski definition) is 4. The molecular weight excluding hydrogens is 250 g/mol. The van der Waals surface area contributed by atoms with Crippen molar-refractivity contribution in [2.45, 2.75) is 45.3 Å². The van der Waals surface area contributed by atoms with E-state index < -0.39 is 11.1 Å². The van der Waals surface area contributed by atoms with Crippen molar-refractivity contribution < 1.29 is 9.59 Å². The maximum absolute atomic E-state index is 12.4. The number of nitrogens with one attached hydrogen (secondary N) is 1. The molecule has 0 bridgehead atoms. The first-order chi connectivity index (χ1) is 8.25. The minimum Gasteiger partial charge on any atom is -0.340 e. The molecule has 1 fully saturated rings. The molecule has 1 aliphatic heterocycles. The minimum atomic E-state index is -0.850. The SMILES string of the molecule is CC1(C)NC(=O)C(C)(C)N(Cc2cncs2)C1=O. The molecule has 6 heteroatoms. The fourth-order valence-electron chi connectivity index (χ4n) is 1.95. The highest BCUT2D eigenvalue weighted by Crippen LogP contribution is 2.28. The molecule has 98 valence electrons. The molecule has 1 saturated heterocycles. The van der Waals surface area contributed by atoms with E-state index in [1.807, 2.05) is 0 Å². The molecular formula is C12H17N3O2S. The van der Waals surface area contributed by atoms with Crippen LogP contribution < -0.4 is 5.32 Å². The lowest BCUT2D eigenvalue weighted by Crippen LogP contribution is -2.71. The van der Waals surface area contributed by atoms with Crippen molar-refractivity contribution in [2.24, 2.45) is 0 Å². The van der Waals surface area contributed by atoms with Crippen molar-refractivity contribution in [1.29, 1.82) is 0 Å². The lowest BCUT2D eigenvalue weighted by atomic mass is 9.89. The van der Waals surface area contributed by atoms with Gasteiger partial charge >= 0.3 is 0 Å². The Balaban J connectivity index is 2.34. The van der Waals surface area contributed by atoms with Crippen LogP contribution in [0.1, 0.15) is 32.6 Å². The second kappa shape index (κ2) is 4.05. The summed E-state index contributed by atoms with van der Waals surface area (Å²) in [6.07, 6.45) is 1.73. The number of rotatable bonds is 2. The van der Waals surface area contributed by atoms with Crippen LogP contribution in [0.5, 0.6) is 0 Å². The Hall–Kier alpha value is -1.43. The van der Waals surface area contributed by atoms with Crippen molar-refractivity contribution in [3.63, 3.8) is 0 Å². The molecule has 0 atom stereocenters. The number of amides is 2. The van der Waals surface area contributed by atoms with Crippen LogP contribution in [0.2, 0.25) is 0 Å². The zero-order valence-corrected chi connectivity index (χ0v) is 11.8. The summed E-state index contributed by atoms with van der Waals surface area (Å²) in [6, 6.07) is 0. The van der Waals surface area contributed by atoms with Gasteiger partial charge in [0.15, 0.2) is 0 Å². The smallest absolute Gasteiger partial charge is 0.248 e. The molecule has 1 aromatic heterocycles. The molecule has 0 aliphatic carbocycles. The average molecular weight is 267 g/mol. The van der Waals surface area contributed by atoms with Crippen molar-refractivity contribution in [2.75, 3.05) is 0 Å². The molecule has 0 unspecified atom stereocenters. The molecule has 18 heavy (non-hydrogen) atoms. The minimum absolute atomic E-state index is 0.0690. The van der Waals surface area contributed by atoms with Gasteiger partial charge in [-0.05, 0) is 27.7 Å². The molecule has 1 aliphatic rings. The van der Waals surface area contributed by atoms with E-state index in [9.17, 15) is 9.59 Å². The Morgan fingerprint density at radius 2 is 2.00 bits per heavy atom. The highest BCUT2D eigenvalue weighted by Gasteiger charge is 2.49. The first kappa shape index (κ1) is 13.0. The number of piperazine rings is 1. The van der Waals surface area contributed by atoms with Crippen LogP contribution in [0.25, 0.3) is 0 Å².